The molecule has 0 aromatic rings. The molecule has 0 unspecified atom stereocenters. The molecule has 0 rings (SSSR count). The summed E-state index contributed by atoms with van der Waals surface area (Å²) in [4.78, 5) is 40.3. The molecule has 80 heavy (non-hydrogen) atoms. The van der Waals surface area contributed by atoms with E-state index in [1.54, 1.807) is 0 Å². The van der Waals surface area contributed by atoms with Crippen LogP contribution in [0, 0.1) is 11.8 Å². The maximum absolute atomic E-state index is 13.6. The van der Waals surface area contributed by atoms with Crippen molar-refractivity contribution in [1.82, 2.24) is 0 Å². The Morgan fingerprint density at radius 1 is 0.275 bits per heavy atom. The highest BCUT2D eigenvalue weighted by Crippen LogP contribution is 2.25. The van der Waals surface area contributed by atoms with E-state index in [2.05, 4.69) is 27.7 Å². The third kappa shape index (κ3) is 48.7. The highest BCUT2D eigenvalue weighted by Gasteiger charge is 2.35. The van der Waals surface area contributed by atoms with Crippen LogP contribution in [0.4, 0.5) is 0 Å². The maximum atomic E-state index is 13.6. The number of hydrogen-bond acceptors (Lipinski definition) is 10. The Balaban J connectivity index is 5.24. The van der Waals surface area contributed by atoms with Gasteiger partial charge in [0.1, 0.15) is 24.9 Å². The van der Waals surface area contributed by atoms with E-state index in [4.69, 9.17) is 9.47 Å². The third-order valence-corrected chi connectivity index (χ3v) is 17.3. The predicted molar refractivity (Wildman–Crippen MR) is 336 cm³/mol. The molecule has 10 nitrogen and oxygen atoms in total. The van der Waals surface area contributed by atoms with Crippen LogP contribution in [0.1, 0.15) is 374 Å². The number of ether oxygens (including phenoxy) is 2. The van der Waals surface area contributed by atoms with E-state index < -0.39 is 73.3 Å². The molecular formula is C70H136O10. The lowest BCUT2D eigenvalue weighted by Gasteiger charge is -2.25. The lowest BCUT2D eigenvalue weighted by molar-refractivity contribution is -0.165. The van der Waals surface area contributed by atoms with Crippen molar-refractivity contribution in [2.24, 2.45) is 11.8 Å². The molecule has 0 amide bonds. The topological polar surface area (TPSA) is 171 Å². The average Bonchev–Trinajstić information content (AvgIpc) is 3.46. The molecule has 0 heterocycles. The number of aliphatic hydroxyl groups excluding tert-OH is 5. The quantitative estimate of drug-likeness (QED) is 0.0292. The second kappa shape index (κ2) is 60.5. The van der Waals surface area contributed by atoms with E-state index in [-0.39, 0.29) is 0 Å². The molecule has 476 valence electrons. The fraction of sp³-hybridized carbons (Fsp3) is 0.957. The van der Waals surface area contributed by atoms with E-state index in [1.165, 1.54) is 231 Å². The summed E-state index contributed by atoms with van der Waals surface area (Å²) >= 11 is 0. The SMILES string of the molecule is CCCCCCCCCCCCCCC[C@@H](O)[C@@H](CCCCCCCCCCCCCC)C(=O)OCC(=O)[C@@H](O)[C@H](O)[C@H](O)COC(=O)[C@H](CCCCCCCCCCCCCC)[C@@H](O)CCCCCCCCCCCCCCC. The Labute approximate surface area is 495 Å². The minimum atomic E-state index is -2.10. The summed E-state index contributed by atoms with van der Waals surface area (Å²) in [5.74, 6) is -3.94. The van der Waals surface area contributed by atoms with Crippen molar-refractivity contribution in [3.05, 3.63) is 0 Å². The highest BCUT2D eigenvalue weighted by molar-refractivity contribution is 5.87. The molecule has 0 saturated carbocycles. The van der Waals surface area contributed by atoms with Gasteiger partial charge in [0.05, 0.1) is 24.0 Å². The molecule has 10 heteroatoms. The van der Waals surface area contributed by atoms with E-state index in [0.717, 1.165) is 89.9 Å². The van der Waals surface area contributed by atoms with Gasteiger partial charge >= 0.3 is 11.9 Å². The number of carbonyl (C=O) groups is 3. The van der Waals surface area contributed by atoms with E-state index in [1.807, 2.05) is 0 Å². The number of rotatable bonds is 65. The van der Waals surface area contributed by atoms with E-state index >= 15 is 0 Å². The van der Waals surface area contributed by atoms with Gasteiger partial charge < -0.3 is 35.0 Å². The average molecular weight is 1140 g/mol. The Hall–Kier alpha value is -1.59. The van der Waals surface area contributed by atoms with Gasteiger partial charge in [-0.05, 0) is 25.7 Å². The standard InChI is InChI=1S/C70H136O10/c1-5-9-13-17-21-25-29-33-37-41-45-49-53-57-63(71)61(55-51-47-43-39-35-31-27-23-19-15-11-7-3)69(77)79-59-65(73)67(75)68(76)66(74)60-80-70(78)62(56-52-48-44-40-36-32-28-24-20-16-12-8-4)64(72)58-54-50-46-42-38-34-30-26-22-18-14-10-6-2/h61-65,67-68,71-73,75-76H,5-60H2,1-4H3/t61-,62-,63+,64-,65-,67-,68-/m1/s1. The lowest BCUT2D eigenvalue weighted by atomic mass is 9.91. The number of carbonyl (C=O) groups excluding carboxylic acids is 3. The van der Waals surface area contributed by atoms with Crippen LogP contribution >= 0.6 is 0 Å². The first-order valence-electron chi connectivity index (χ1n) is 35.3. The number of ketones is 1. The Morgan fingerprint density at radius 3 is 0.738 bits per heavy atom. The molecule has 0 aliphatic rings. The lowest BCUT2D eigenvalue weighted by Crippen LogP contribution is -2.46. The summed E-state index contributed by atoms with van der Waals surface area (Å²) in [6.45, 7) is 7.50. The highest BCUT2D eigenvalue weighted by atomic mass is 16.5. The van der Waals surface area contributed by atoms with Gasteiger partial charge in [-0.3, -0.25) is 14.4 Å². The fourth-order valence-electron chi connectivity index (χ4n) is 11.6. The summed E-state index contributed by atoms with van der Waals surface area (Å²) in [7, 11) is 0. The molecular weight excluding hydrogens is 1000 g/mol. The van der Waals surface area contributed by atoms with Crippen LogP contribution in [0.25, 0.3) is 0 Å². The summed E-state index contributed by atoms with van der Waals surface area (Å²) in [5.41, 5.74) is 0. The number of hydrogen-bond donors (Lipinski definition) is 5. The van der Waals surface area contributed by atoms with Crippen LogP contribution in [0.3, 0.4) is 0 Å². The van der Waals surface area contributed by atoms with Crippen LogP contribution in [0.15, 0.2) is 0 Å². The van der Waals surface area contributed by atoms with Crippen LogP contribution in [-0.2, 0) is 23.9 Å². The maximum Gasteiger partial charge on any atom is 0.312 e. The normalized spacial score (nSPS) is 14.4. The van der Waals surface area contributed by atoms with Gasteiger partial charge in [0.15, 0.2) is 6.61 Å². The first kappa shape index (κ1) is 78.4. The van der Waals surface area contributed by atoms with Crippen LogP contribution < -0.4 is 0 Å². The van der Waals surface area contributed by atoms with Gasteiger partial charge in [-0.25, -0.2) is 0 Å². The van der Waals surface area contributed by atoms with Crippen molar-refractivity contribution >= 4 is 17.7 Å². The zero-order valence-electron chi connectivity index (χ0n) is 53.4. The van der Waals surface area contributed by atoms with Crippen LogP contribution in [0.5, 0.6) is 0 Å². The van der Waals surface area contributed by atoms with Crippen molar-refractivity contribution in [3.63, 3.8) is 0 Å². The van der Waals surface area contributed by atoms with Crippen molar-refractivity contribution in [2.75, 3.05) is 13.2 Å². The Kier molecular flexibility index (Phi) is 59.3. The number of unbranched alkanes of at least 4 members (excludes halogenated alkanes) is 46. The number of esters is 2. The van der Waals surface area contributed by atoms with E-state index in [9.17, 15) is 39.9 Å². The first-order valence-corrected chi connectivity index (χ1v) is 35.3. The smallest absolute Gasteiger partial charge is 0.312 e. The molecule has 0 bridgehead atoms. The van der Waals surface area contributed by atoms with Crippen molar-refractivity contribution in [2.45, 2.75) is 405 Å². The van der Waals surface area contributed by atoms with Gasteiger partial charge in [-0.1, -0.05) is 349 Å². The van der Waals surface area contributed by atoms with Crippen LogP contribution in [-0.4, -0.2) is 87.0 Å². The molecule has 5 N–H and O–H groups in total. The van der Waals surface area contributed by atoms with Gasteiger partial charge in [0.2, 0.25) is 5.78 Å². The zero-order chi connectivity index (χ0) is 58.8. The predicted octanol–water partition coefficient (Wildman–Crippen LogP) is 18.8. The summed E-state index contributed by atoms with van der Waals surface area (Å²) in [6.07, 6.45) is 54.2. The molecule has 0 aromatic heterocycles. The molecule has 0 aliphatic carbocycles. The molecule has 0 fully saturated rings. The van der Waals surface area contributed by atoms with Crippen LogP contribution in [0.2, 0.25) is 0 Å². The summed E-state index contributed by atoms with van der Waals surface area (Å²) in [6, 6.07) is 0. The molecule has 0 aromatic carbocycles. The zero-order valence-corrected chi connectivity index (χ0v) is 53.4. The molecule has 0 radical (unpaired) electrons. The Morgan fingerprint density at radius 2 is 0.487 bits per heavy atom. The van der Waals surface area contributed by atoms with Gasteiger partial charge in [-0.15, -0.1) is 0 Å². The summed E-state index contributed by atoms with van der Waals surface area (Å²) in [5, 5.41) is 55.3. The van der Waals surface area contributed by atoms with Gasteiger partial charge in [0.25, 0.3) is 0 Å². The molecule has 7 atom stereocenters. The van der Waals surface area contributed by atoms with Crippen molar-refractivity contribution in [3.8, 4) is 0 Å². The second-order valence-electron chi connectivity index (χ2n) is 25.0. The van der Waals surface area contributed by atoms with Crippen molar-refractivity contribution in [1.29, 1.82) is 0 Å². The number of Topliss-reactive ketones (excluding diaryl/α,β-unsaturated/α-hetero) is 1. The largest absolute Gasteiger partial charge is 0.463 e. The monoisotopic (exact) mass is 1140 g/mol. The minimum absolute atomic E-state index is 0.438. The fourth-order valence-corrected chi connectivity index (χ4v) is 11.6. The third-order valence-electron chi connectivity index (χ3n) is 17.3. The molecule has 0 aliphatic heterocycles. The summed E-state index contributed by atoms with van der Waals surface area (Å²) < 4.78 is 10.9. The van der Waals surface area contributed by atoms with Gasteiger partial charge in [0, 0.05) is 0 Å². The second-order valence-corrected chi connectivity index (χ2v) is 25.0. The Bertz CT molecular complexity index is 1310. The first-order chi connectivity index (χ1) is 39.0. The minimum Gasteiger partial charge on any atom is -0.463 e. The molecule has 0 saturated heterocycles. The van der Waals surface area contributed by atoms with E-state index in [0.29, 0.717) is 25.7 Å². The number of aliphatic hydroxyl groups is 5. The van der Waals surface area contributed by atoms with Gasteiger partial charge in [-0.2, -0.15) is 0 Å². The van der Waals surface area contributed by atoms with Crippen molar-refractivity contribution < 1.29 is 49.4 Å². The molecule has 0 spiro atoms.